The highest BCUT2D eigenvalue weighted by molar-refractivity contribution is 5.85. The molecule has 0 aliphatic heterocycles. The molecule has 0 aromatic heterocycles. The van der Waals surface area contributed by atoms with E-state index in [2.05, 4.69) is 0 Å². The van der Waals surface area contributed by atoms with Gasteiger partial charge in [-0.15, -0.1) is 12.4 Å². The summed E-state index contributed by atoms with van der Waals surface area (Å²) in [6.45, 7) is 1.89. The zero-order valence-corrected chi connectivity index (χ0v) is 10.8. The van der Waals surface area contributed by atoms with Crippen molar-refractivity contribution < 1.29 is 14.2 Å². The zero-order chi connectivity index (χ0) is 11.4. The van der Waals surface area contributed by atoms with E-state index in [1.165, 1.54) is 0 Å². The average molecular weight is 248 g/mol. The molecule has 0 fully saturated rings. The summed E-state index contributed by atoms with van der Waals surface area (Å²) in [5.41, 5.74) is 6.73. The highest BCUT2D eigenvalue weighted by atomic mass is 35.5. The Morgan fingerprint density at radius 2 is 1.38 bits per heavy atom. The molecular weight excluding hydrogens is 230 g/mol. The lowest BCUT2D eigenvalue weighted by Gasteiger charge is -2.15. The summed E-state index contributed by atoms with van der Waals surface area (Å²) < 4.78 is 15.6. The van der Waals surface area contributed by atoms with Crippen molar-refractivity contribution in [3.63, 3.8) is 0 Å². The van der Waals surface area contributed by atoms with Crippen molar-refractivity contribution in [1.29, 1.82) is 0 Å². The maximum atomic E-state index is 5.83. The van der Waals surface area contributed by atoms with Crippen LogP contribution in [-0.2, 0) is 0 Å². The topological polar surface area (TPSA) is 53.7 Å². The third kappa shape index (κ3) is 2.93. The molecule has 0 radical (unpaired) electrons. The van der Waals surface area contributed by atoms with Gasteiger partial charge < -0.3 is 19.9 Å². The van der Waals surface area contributed by atoms with Crippen LogP contribution in [0.2, 0.25) is 0 Å². The number of hydrogen-bond acceptors (Lipinski definition) is 4. The van der Waals surface area contributed by atoms with Crippen molar-refractivity contribution in [2.75, 3.05) is 21.3 Å². The second-order valence-electron chi connectivity index (χ2n) is 3.24. The molecule has 0 aliphatic rings. The van der Waals surface area contributed by atoms with Gasteiger partial charge in [-0.2, -0.15) is 0 Å². The molecule has 1 rings (SSSR count). The summed E-state index contributed by atoms with van der Waals surface area (Å²) in [4.78, 5) is 0. The standard InChI is InChI=1S/C11H17NO3.ClH/c1-7(12)8-5-10(14-3)11(15-4)6-9(8)13-2;/h5-7H,12H2,1-4H3;1H/t7-;/m1./s1. The fourth-order valence-corrected chi connectivity index (χ4v) is 1.41. The maximum absolute atomic E-state index is 5.83. The van der Waals surface area contributed by atoms with Crippen LogP contribution >= 0.6 is 12.4 Å². The summed E-state index contributed by atoms with van der Waals surface area (Å²) in [5, 5.41) is 0. The maximum Gasteiger partial charge on any atom is 0.164 e. The van der Waals surface area contributed by atoms with Crippen molar-refractivity contribution in [3.05, 3.63) is 17.7 Å². The molecule has 1 aromatic carbocycles. The highest BCUT2D eigenvalue weighted by Gasteiger charge is 2.13. The number of nitrogens with two attached hydrogens (primary N) is 1. The Hall–Kier alpha value is -1.13. The minimum atomic E-state index is -0.111. The van der Waals surface area contributed by atoms with Crippen molar-refractivity contribution in [2.24, 2.45) is 5.73 Å². The number of benzene rings is 1. The van der Waals surface area contributed by atoms with Gasteiger partial charge in [-0.25, -0.2) is 0 Å². The molecule has 0 spiro atoms. The predicted octanol–water partition coefficient (Wildman–Crippen LogP) is 2.15. The number of hydrogen-bond donors (Lipinski definition) is 1. The summed E-state index contributed by atoms with van der Waals surface area (Å²) in [5.74, 6) is 2.01. The molecule has 0 heterocycles. The van der Waals surface area contributed by atoms with Gasteiger partial charge in [-0.05, 0) is 13.0 Å². The Bertz CT molecular complexity index is 342. The number of ether oxygens (including phenoxy) is 3. The van der Waals surface area contributed by atoms with E-state index in [9.17, 15) is 0 Å². The minimum absolute atomic E-state index is 0. The Labute approximate surface area is 102 Å². The Balaban J connectivity index is 0.00000225. The number of halogens is 1. The largest absolute Gasteiger partial charge is 0.496 e. The van der Waals surface area contributed by atoms with Gasteiger partial charge in [-0.1, -0.05) is 0 Å². The molecule has 0 amide bonds. The fraction of sp³-hybridized carbons (Fsp3) is 0.455. The Morgan fingerprint density at radius 1 is 0.938 bits per heavy atom. The van der Waals surface area contributed by atoms with E-state index in [1.54, 1.807) is 27.4 Å². The molecule has 2 N–H and O–H groups in total. The van der Waals surface area contributed by atoms with E-state index >= 15 is 0 Å². The van der Waals surface area contributed by atoms with Crippen LogP contribution in [0.5, 0.6) is 17.2 Å². The van der Waals surface area contributed by atoms with Crippen LogP contribution < -0.4 is 19.9 Å². The second-order valence-corrected chi connectivity index (χ2v) is 3.24. The molecule has 4 nitrogen and oxygen atoms in total. The summed E-state index contributed by atoms with van der Waals surface area (Å²) >= 11 is 0. The first kappa shape index (κ1) is 14.9. The van der Waals surface area contributed by atoms with E-state index < -0.39 is 0 Å². The third-order valence-corrected chi connectivity index (χ3v) is 2.23. The van der Waals surface area contributed by atoms with Gasteiger partial charge in [0, 0.05) is 17.7 Å². The Kier molecular flexibility index (Phi) is 6.00. The quantitative estimate of drug-likeness (QED) is 0.886. The minimum Gasteiger partial charge on any atom is -0.496 e. The van der Waals surface area contributed by atoms with Crippen molar-refractivity contribution in [1.82, 2.24) is 0 Å². The van der Waals surface area contributed by atoms with E-state index in [0.717, 1.165) is 5.56 Å². The van der Waals surface area contributed by atoms with Crippen LogP contribution in [0.1, 0.15) is 18.5 Å². The molecular formula is C11H18ClNO3. The van der Waals surface area contributed by atoms with Crippen molar-refractivity contribution in [2.45, 2.75) is 13.0 Å². The van der Waals surface area contributed by atoms with Gasteiger partial charge >= 0.3 is 0 Å². The first-order chi connectivity index (χ1) is 7.13. The molecule has 0 bridgehead atoms. The second kappa shape index (κ2) is 6.45. The highest BCUT2D eigenvalue weighted by Crippen LogP contribution is 2.36. The van der Waals surface area contributed by atoms with E-state index in [-0.39, 0.29) is 18.4 Å². The first-order valence-corrected chi connectivity index (χ1v) is 4.69. The molecule has 16 heavy (non-hydrogen) atoms. The molecule has 92 valence electrons. The van der Waals surface area contributed by atoms with Gasteiger partial charge in [0.25, 0.3) is 0 Å². The molecule has 0 saturated carbocycles. The SMILES string of the molecule is COc1cc(OC)c([C@@H](C)N)cc1OC.Cl. The molecule has 0 aliphatic carbocycles. The van der Waals surface area contributed by atoms with E-state index in [4.69, 9.17) is 19.9 Å². The van der Waals surface area contributed by atoms with Gasteiger partial charge in [0.15, 0.2) is 11.5 Å². The number of methoxy groups -OCH3 is 3. The lowest BCUT2D eigenvalue weighted by Crippen LogP contribution is -2.07. The lowest BCUT2D eigenvalue weighted by atomic mass is 10.1. The number of rotatable bonds is 4. The van der Waals surface area contributed by atoms with Crippen LogP contribution in [0.3, 0.4) is 0 Å². The lowest BCUT2D eigenvalue weighted by molar-refractivity contribution is 0.346. The molecule has 0 saturated heterocycles. The van der Waals surface area contributed by atoms with Crippen LogP contribution in [0.4, 0.5) is 0 Å². The molecule has 0 unspecified atom stereocenters. The van der Waals surface area contributed by atoms with Gasteiger partial charge in [0.2, 0.25) is 0 Å². The summed E-state index contributed by atoms with van der Waals surface area (Å²) in [6, 6.07) is 3.50. The molecule has 5 heteroatoms. The van der Waals surface area contributed by atoms with E-state index in [0.29, 0.717) is 17.2 Å². The van der Waals surface area contributed by atoms with Gasteiger partial charge in [-0.3, -0.25) is 0 Å². The third-order valence-electron chi connectivity index (χ3n) is 2.23. The predicted molar refractivity (Wildman–Crippen MR) is 65.9 cm³/mol. The zero-order valence-electron chi connectivity index (χ0n) is 9.94. The van der Waals surface area contributed by atoms with Crippen LogP contribution in [-0.4, -0.2) is 21.3 Å². The monoisotopic (exact) mass is 247 g/mol. The van der Waals surface area contributed by atoms with Crippen molar-refractivity contribution >= 4 is 12.4 Å². The average Bonchev–Trinajstić information content (AvgIpc) is 2.26. The summed E-state index contributed by atoms with van der Waals surface area (Å²) in [6.07, 6.45) is 0. The fourth-order valence-electron chi connectivity index (χ4n) is 1.41. The van der Waals surface area contributed by atoms with Gasteiger partial charge in [0.1, 0.15) is 5.75 Å². The molecule has 1 atom stereocenters. The summed E-state index contributed by atoms with van der Waals surface area (Å²) in [7, 11) is 4.78. The van der Waals surface area contributed by atoms with Crippen LogP contribution in [0.15, 0.2) is 12.1 Å². The smallest absolute Gasteiger partial charge is 0.164 e. The van der Waals surface area contributed by atoms with Crippen LogP contribution in [0, 0.1) is 0 Å². The molecule has 1 aromatic rings. The van der Waals surface area contributed by atoms with E-state index in [1.807, 2.05) is 13.0 Å². The van der Waals surface area contributed by atoms with Gasteiger partial charge in [0.05, 0.1) is 21.3 Å². The van der Waals surface area contributed by atoms with Crippen LogP contribution in [0.25, 0.3) is 0 Å². The first-order valence-electron chi connectivity index (χ1n) is 4.69. The normalized spacial score (nSPS) is 11.3. The Morgan fingerprint density at radius 3 is 1.75 bits per heavy atom. The van der Waals surface area contributed by atoms with Crippen molar-refractivity contribution in [3.8, 4) is 17.2 Å².